The van der Waals surface area contributed by atoms with Gasteiger partial charge in [0.05, 0.1) is 6.04 Å². The van der Waals surface area contributed by atoms with Crippen LogP contribution in [0.2, 0.25) is 0 Å². The first-order valence-electron chi connectivity index (χ1n) is 9.16. The summed E-state index contributed by atoms with van der Waals surface area (Å²) in [7, 11) is 0. The molecule has 0 aliphatic heterocycles. The summed E-state index contributed by atoms with van der Waals surface area (Å²) in [6.45, 7) is 0.0875. The van der Waals surface area contributed by atoms with Crippen molar-refractivity contribution < 1.29 is 19.4 Å². The molecular formula is C21H18BrN3O4S. The summed E-state index contributed by atoms with van der Waals surface area (Å²) in [5, 5.41) is 14.0. The molecule has 1 heterocycles. The van der Waals surface area contributed by atoms with Crippen molar-refractivity contribution >= 4 is 39.3 Å². The Bertz CT molecular complexity index is 1060. The Kier molecular flexibility index (Phi) is 5.85. The van der Waals surface area contributed by atoms with E-state index >= 15 is 0 Å². The number of rotatable bonds is 6. The molecule has 0 fully saturated rings. The van der Waals surface area contributed by atoms with Crippen molar-refractivity contribution in [1.29, 1.82) is 0 Å². The number of ether oxygens (including phenoxy) is 1. The van der Waals surface area contributed by atoms with Gasteiger partial charge in [0.15, 0.2) is 6.04 Å². The molecule has 7 nitrogen and oxygen atoms in total. The number of nitrogens with two attached hydrogens (primary N) is 1. The zero-order valence-corrected chi connectivity index (χ0v) is 18.0. The van der Waals surface area contributed by atoms with Crippen LogP contribution in [0.15, 0.2) is 58.5 Å². The number of amides is 1. The van der Waals surface area contributed by atoms with Gasteiger partial charge in [-0.1, -0.05) is 48.5 Å². The average Bonchev–Trinajstić information content (AvgIpc) is 3.31. The maximum atomic E-state index is 12.4. The normalized spacial score (nSPS) is 14.5. The number of carbonyl (C=O) groups is 2. The molecule has 30 heavy (non-hydrogen) atoms. The van der Waals surface area contributed by atoms with Crippen LogP contribution in [0.3, 0.4) is 0 Å². The van der Waals surface area contributed by atoms with E-state index in [1.54, 1.807) is 5.38 Å². The molecule has 3 aromatic rings. The number of carboxylic acid groups (broad SMARTS) is 1. The summed E-state index contributed by atoms with van der Waals surface area (Å²) in [6.07, 6.45) is -0.838. The van der Waals surface area contributed by atoms with Crippen molar-refractivity contribution in [1.82, 2.24) is 10.3 Å². The number of nitrogens with one attached hydrogen (secondary N) is 1. The molecular weight excluding hydrogens is 470 g/mol. The maximum Gasteiger partial charge on any atom is 0.407 e. The fourth-order valence-electron chi connectivity index (χ4n) is 3.63. The van der Waals surface area contributed by atoms with Crippen LogP contribution in [0.1, 0.15) is 28.1 Å². The number of carboxylic acids is 1. The van der Waals surface area contributed by atoms with Crippen LogP contribution >= 0.6 is 27.3 Å². The van der Waals surface area contributed by atoms with Crippen molar-refractivity contribution in [3.05, 3.63) is 74.6 Å². The minimum atomic E-state index is -1.36. The minimum absolute atomic E-state index is 0.0875. The van der Waals surface area contributed by atoms with Gasteiger partial charge in [0.1, 0.15) is 16.2 Å². The average molecular weight is 488 g/mol. The second-order valence-corrected chi connectivity index (χ2v) is 8.52. The van der Waals surface area contributed by atoms with E-state index in [0.717, 1.165) is 22.3 Å². The van der Waals surface area contributed by atoms with Gasteiger partial charge in [0.25, 0.3) is 0 Å². The van der Waals surface area contributed by atoms with E-state index in [1.807, 2.05) is 48.5 Å². The number of benzene rings is 2. The topological polar surface area (TPSA) is 115 Å². The lowest BCUT2D eigenvalue weighted by Crippen LogP contribution is -2.48. The Morgan fingerprint density at radius 3 is 2.30 bits per heavy atom. The third-order valence-electron chi connectivity index (χ3n) is 5.02. The third kappa shape index (κ3) is 3.96. The van der Waals surface area contributed by atoms with Crippen LogP contribution in [-0.4, -0.2) is 34.8 Å². The number of hydrogen-bond donors (Lipinski definition) is 3. The van der Waals surface area contributed by atoms with Gasteiger partial charge < -0.3 is 20.9 Å². The van der Waals surface area contributed by atoms with Crippen LogP contribution in [0.4, 0.5) is 4.79 Å². The Hall–Kier alpha value is -2.75. The lowest BCUT2D eigenvalue weighted by atomic mass is 9.98. The van der Waals surface area contributed by atoms with Gasteiger partial charge >= 0.3 is 12.1 Å². The smallest absolute Gasteiger partial charge is 0.407 e. The fourth-order valence-corrected chi connectivity index (χ4v) is 4.94. The molecule has 1 aromatic heterocycles. The Morgan fingerprint density at radius 1 is 1.17 bits per heavy atom. The number of hydrogen-bond acceptors (Lipinski definition) is 6. The SMILES string of the molecule is NC(c1nc(Br)cs1)C(NC(=O)OCC1c2ccccc2-c2ccccc21)C(=O)O. The highest BCUT2D eigenvalue weighted by atomic mass is 79.9. The van der Waals surface area contributed by atoms with Crippen LogP contribution in [-0.2, 0) is 9.53 Å². The summed E-state index contributed by atoms with van der Waals surface area (Å²) in [5.74, 6) is -1.38. The van der Waals surface area contributed by atoms with Crippen molar-refractivity contribution in [3.63, 3.8) is 0 Å². The molecule has 1 aliphatic rings. The molecule has 154 valence electrons. The van der Waals surface area contributed by atoms with Crippen molar-refractivity contribution in [3.8, 4) is 11.1 Å². The summed E-state index contributed by atoms with van der Waals surface area (Å²) in [5.41, 5.74) is 10.4. The van der Waals surface area contributed by atoms with Gasteiger partial charge in [0, 0.05) is 11.3 Å². The largest absolute Gasteiger partial charge is 0.480 e. The second-order valence-electron chi connectivity index (χ2n) is 6.82. The van der Waals surface area contributed by atoms with Crippen molar-refractivity contribution in [2.24, 2.45) is 5.73 Å². The lowest BCUT2D eigenvalue weighted by Gasteiger charge is -2.20. The molecule has 0 bridgehead atoms. The molecule has 1 aliphatic carbocycles. The molecule has 2 atom stereocenters. The van der Waals surface area contributed by atoms with E-state index in [0.29, 0.717) is 9.61 Å². The molecule has 0 radical (unpaired) electrons. The number of alkyl carbamates (subject to hydrolysis) is 1. The third-order valence-corrected chi connectivity index (χ3v) is 6.68. The van der Waals surface area contributed by atoms with Crippen LogP contribution in [0.25, 0.3) is 11.1 Å². The quantitative estimate of drug-likeness (QED) is 0.485. The molecule has 0 saturated heterocycles. The second kappa shape index (κ2) is 8.55. The molecule has 0 saturated carbocycles. The molecule has 1 amide bonds. The first-order chi connectivity index (χ1) is 14.5. The van der Waals surface area contributed by atoms with Gasteiger partial charge in [0.2, 0.25) is 0 Å². The first kappa shape index (κ1) is 20.5. The molecule has 4 rings (SSSR count). The molecule has 9 heteroatoms. The molecule has 4 N–H and O–H groups in total. The van der Waals surface area contributed by atoms with Crippen molar-refractivity contribution in [2.75, 3.05) is 6.61 Å². The Balaban J connectivity index is 1.46. The van der Waals surface area contributed by atoms with E-state index in [2.05, 4.69) is 26.2 Å². The monoisotopic (exact) mass is 487 g/mol. The summed E-state index contributed by atoms with van der Waals surface area (Å²) in [6, 6.07) is 13.6. The fraction of sp³-hybridized carbons (Fsp3) is 0.190. The maximum absolute atomic E-state index is 12.4. The number of nitrogens with zero attached hydrogens (tertiary/aromatic N) is 1. The van der Waals surface area contributed by atoms with Crippen molar-refractivity contribution in [2.45, 2.75) is 18.0 Å². The van der Waals surface area contributed by atoms with Crippen LogP contribution in [0, 0.1) is 0 Å². The Labute approximate surface area is 185 Å². The van der Waals surface area contributed by atoms with E-state index in [9.17, 15) is 14.7 Å². The van der Waals surface area contributed by atoms with Gasteiger partial charge in [-0.25, -0.2) is 14.6 Å². The van der Waals surface area contributed by atoms with Crippen LogP contribution in [0.5, 0.6) is 0 Å². The molecule has 2 aromatic carbocycles. The van der Waals surface area contributed by atoms with Gasteiger partial charge in [-0.3, -0.25) is 0 Å². The number of carbonyl (C=O) groups excluding carboxylic acids is 1. The zero-order chi connectivity index (χ0) is 21.3. The number of halogens is 1. The van der Waals surface area contributed by atoms with E-state index in [-0.39, 0.29) is 12.5 Å². The summed E-state index contributed by atoms with van der Waals surface area (Å²) in [4.78, 5) is 28.2. The number of fused-ring (bicyclic) bond motifs is 3. The highest BCUT2D eigenvalue weighted by Gasteiger charge is 2.32. The van der Waals surface area contributed by atoms with E-state index in [4.69, 9.17) is 10.5 Å². The summed E-state index contributed by atoms with van der Waals surface area (Å²) < 4.78 is 5.97. The zero-order valence-electron chi connectivity index (χ0n) is 15.6. The first-order valence-corrected chi connectivity index (χ1v) is 10.8. The number of thiazole rings is 1. The Morgan fingerprint density at radius 2 is 1.77 bits per heavy atom. The van der Waals surface area contributed by atoms with E-state index in [1.165, 1.54) is 11.3 Å². The number of aliphatic carboxylic acids is 1. The molecule has 0 spiro atoms. The van der Waals surface area contributed by atoms with Gasteiger partial charge in [-0.05, 0) is 38.2 Å². The van der Waals surface area contributed by atoms with Gasteiger partial charge in [-0.2, -0.15) is 0 Å². The standard InChI is InChI=1S/C21H18BrN3O4S/c22-16-10-30-19(24-16)17(23)18(20(26)27)25-21(28)29-9-15-13-7-3-1-5-11(13)12-6-2-4-8-14(12)15/h1-8,10,15,17-18H,9,23H2,(H,25,28)(H,26,27). The predicted molar refractivity (Wildman–Crippen MR) is 116 cm³/mol. The van der Waals surface area contributed by atoms with Gasteiger partial charge in [-0.15, -0.1) is 11.3 Å². The highest BCUT2D eigenvalue weighted by molar-refractivity contribution is 9.10. The predicted octanol–water partition coefficient (Wildman–Crippen LogP) is 3.90. The molecule has 2 unspecified atom stereocenters. The minimum Gasteiger partial charge on any atom is -0.480 e. The highest BCUT2D eigenvalue weighted by Crippen LogP contribution is 2.44. The van der Waals surface area contributed by atoms with E-state index < -0.39 is 24.1 Å². The summed E-state index contributed by atoms with van der Waals surface area (Å²) >= 11 is 4.42. The van der Waals surface area contributed by atoms with Crippen LogP contribution < -0.4 is 11.1 Å². The lowest BCUT2D eigenvalue weighted by molar-refractivity contribution is -0.140. The number of aromatic nitrogens is 1.